The van der Waals surface area contributed by atoms with Gasteiger partial charge in [-0.05, 0) is 29.2 Å². The fourth-order valence-electron chi connectivity index (χ4n) is 3.60. The quantitative estimate of drug-likeness (QED) is 0.919. The Hall–Kier alpha value is -2.98. The van der Waals surface area contributed by atoms with E-state index in [4.69, 9.17) is 9.59 Å². The van der Waals surface area contributed by atoms with Crippen LogP contribution in [0, 0.1) is 5.82 Å². The van der Waals surface area contributed by atoms with Crippen molar-refractivity contribution in [3.05, 3.63) is 65.0 Å². The second-order valence-electron chi connectivity index (χ2n) is 6.45. The lowest BCUT2D eigenvalue weighted by Gasteiger charge is -2.20. The maximum atomic E-state index is 14.6. The molecule has 1 saturated heterocycles. The summed E-state index contributed by atoms with van der Waals surface area (Å²) in [5.74, 6) is -0.207. The van der Waals surface area contributed by atoms with Crippen LogP contribution in [0.2, 0.25) is 0 Å². The standard InChI is InChI=1S/C19H19FN2O.CO2/c20-17-10-18-14(8-16(17)15-9-19(23)21-11-15)6-7-22(18)12-13-4-2-1-3-5-13;2-1-3/h1-5,8,10,15H,6-7,9,11-12H2,(H,21,23);/t15-;/m0./s1. The van der Waals surface area contributed by atoms with Crippen LogP contribution in [0.5, 0.6) is 0 Å². The van der Waals surface area contributed by atoms with Gasteiger partial charge in [0.15, 0.2) is 0 Å². The molecule has 4 rings (SSSR count). The number of hydrogen-bond donors (Lipinski definition) is 1. The van der Waals surface area contributed by atoms with E-state index in [0.29, 0.717) is 18.5 Å². The highest BCUT2D eigenvalue weighted by molar-refractivity contribution is 5.79. The number of hydrogen-bond acceptors (Lipinski definition) is 4. The molecule has 2 heterocycles. The first-order chi connectivity index (χ1) is 12.6. The van der Waals surface area contributed by atoms with E-state index in [1.54, 1.807) is 6.07 Å². The molecule has 0 unspecified atom stereocenters. The van der Waals surface area contributed by atoms with Crippen molar-refractivity contribution >= 4 is 17.7 Å². The Kier molecular flexibility index (Phi) is 5.44. The number of anilines is 1. The molecule has 1 atom stereocenters. The molecule has 0 saturated carbocycles. The lowest BCUT2D eigenvalue weighted by Crippen LogP contribution is -2.19. The Morgan fingerprint density at radius 1 is 1.19 bits per heavy atom. The van der Waals surface area contributed by atoms with Gasteiger partial charge in [-0.15, -0.1) is 0 Å². The third kappa shape index (κ3) is 3.81. The topological polar surface area (TPSA) is 66.5 Å². The number of rotatable bonds is 3. The van der Waals surface area contributed by atoms with Crippen molar-refractivity contribution in [3.63, 3.8) is 0 Å². The van der Waals surface area contributed by atoms with Crippen LogP contribution in [0.15, 0.2) is 42.5 Å². The van der Waals surface area contributed by atoms with E-state index < -0.39 is 0 Å². The summed E-state index contributed by atoms with van der Waals surface area (Å²) in [4.78, 5) is 29.9. The molecule has 0 bridgehead atoms. The van der Waals surface area contributed by atoms with Crippen molar-refractivity contribution in [3.8, 4) is 0 Å². The molecule has 0 radical (unpaired) electrons. The maximum absolute atomic E-state index is 14.6. The van der Waals surface area contributed by atoms with Crippen molar-refractivity contribution < 1.29 is 18.8 Å². The highest BCUT2D eigenvalue weighted by Crippen LogP contribution is 2.35. The SMILES string of the molecule is O=C1C[C@H](c2cc3c(cc2F)N(Cc2ccccc2)CC3)CN1.O=C=O. The van der Waals surface area contributed by atoms with Crippen molar-refractivity contribution in [1.29, 1.82) is 0 Å². The summed E-state index contributed by atoms with van der Waals surface area (Å²) in [5.41, 5.74) is 4.10. The van der Waals surface area contributed by atoms with Gasteiger partial charge in [0.1, 0.15) is 5.82 Å². The monoisotopic (exact) mass is 354 g/mol. The van der Waals surface area contributed by atoms with Gasteiger partial charge in [0.05, 0.1) is 0 Å². The Morgan fingerprint density at radius 3 is 2.58 bits per heavy atom. The van der Waals surface area contributed by atoms with Gasteiger partial charge in [-0.25, -0.2) is 4.39 Å². The molecular weight excluding hydrogens is 335 g/mol. The molecule has 2 aromatic carbocycles. The van der Waals surface area contributed by atoms with E-state index in [1.165, 1.54) is 11.1 Å². The van der Waals surface area contributed by atoms with Gasteiger partial charge in [0.2, 0.25) is 5.91 Å². The van der Waals surface area contributed by atoms with E-state index in [2.05, 4.69) is 22.3 Å². The number of amides is 1. The summed E-state index contributed by atoms with van der Waals surface area (Å²) in [6.07, 6.45) is 1.58. The predicted octanol–water partition coefficient (Wildman–Crippen LogP) is 2.41. The normalized spacial score (nSPS) is 17.8. The van der Waals surface area contributed by atoms with Crippen molar-refractivity contribution in [2.24, 2.45) is 0 Å². The van der Waals surface area contributed by atoms with Gasteiger partial charge >= 0.3 is 6.15 Å². The molecule has 2 aliphatic rings. The minimum atomic E-state index is -0.190. The lowest BCUT2D eigenvalue weighted by molar-refractivity contribution is -0.191. The van der Waals surface area contributed by atoms with Crippen LogP contribution in [0.1, 0.15) is 29.0 Å². The third-order valence-electron chi connectivity index (χ3n) is 4.82. The zero-order chi connectivity index (χ0) is 18.5. The second kappa shape index (κ2) is 7.93. The van der Waals surface area contributed by atoms with E-state index >= 15 is 0 Å². The largest absolute Gasteiger partial charge is 0.373 e. The number of halogens is 1. The molecule has 1 fully saturated rings. The summed E-state index contributed by atoms with van der Waals surface area (Å²) in [5, 5.41) is 2.79. The second-order valence-corrected chi connectivity index (χ2v) is 6.45. The number of carbonyl (C=O) groups excluding carboxylic acids is 3. The van der Waals surface area contributed by atoms with Crippen molar-refractivity contribution in [1.82, 2.24) is 5.32 Å². The number of fused-ring (bicyclic) bond motifs is 1. The fourth-order valence-corrected chi connectivity index (χ4v) is 3.60. The summed E-state index contributed by atoms with van der Waals surface area (Å²) in [7, 11) is 0. The Morgan fingerprint density at radius 2 is 1.92 bits per heavy atom. The molecule has 2 aromatic rings. The Bertz CT molecular complexity index is 832. The zero-order valence-corrected chi connectivity index (χ0v) is 14.2. The summed E-state index contributed by atoms with van der Waals surface area (Å²) in [6, 6.07) is 13.9. The van der Waals surface area contributed by atoms with Gasteiger partial charge in [-0.3, -0.25) is 4.79 Å². The molecule has 0 spiro atoms. The molecule has 1 N–H and O–H groups in total. The van der Waals surface area contributed by atoms with E-state index in [-0.39, 0.29) is 23.8 Å². The molecule has 1 amide bonds. The predicted molar refractivity (Wildman–Crippen MR) is 93.0 cm³/mol. The van der Waals surface area contributed by atoms with Gasteiger partial charge in [-0.2, -0.15) is 9.59 Å². The minimum absolute atomic E-state index is 0.0144. The molecule has 6 heteroatoms. The van der Waals surface area contributed by atoms with E-state index in [1.807, 2.05) is 24.3 Å². The number of nitrogens with zero attached hydrogens (tertiary/aromatic N) is 1. The fraction of sp³-hybridized carbons (Fsp3) is 0.300. The van der Waals surface area contributed by atoms with E-state index in [9.17, 15) is 9.18 Å². The molecule has 5 nitrogen and oxygen atoms in total. The first-order valence-electron chi connectivity index (χ1n) is 8.49. The minimum Gasteiger partial charge on any atom is -0.367 e. The first-order valence-corrected chi connectivity index (χ1v) is 8.49. The molecule has 0 aliphatic carbocycles. The van der Waals surface area contributed by atoms with Crippen LogP contribution in [0.3, 0.4) is 0 Å². The lowest BCUT2D eigenvalue weighted by atomic mass is 9.95. The summed E-state index contributed by atoms with van der Waals surface area (Å²) >= 11 is 0. The van der Waals surface area contributed by atoms with Crippen molar-refractivity contribution in [2.45, 2.75) is 25.3 Å². The summed E-state index contributed by atoms with van der Waals surface area (Å²) < 4.78 is 14.6. The first kappa shape index (κ1) is 17.8. The number of nitrogens with one attached hydrogen (secondary N) is 1. The van der Waals surface area contributed by atoms with Gasteiger partial charge in [-0.1, -0.05) is 36.4 Å². The van der Waals surface area contributed by atoms with Gasteiger partial charge < -0.3 is 10.2 Å². The molecule has 26 heavy (non-hydrogen) atoms. The Labute approximate surface area is 150 Å². The zero-order valence-electron chi connectivity index (χ0n) is 14.2. The maximum Gasteiger partial charge on any atom is 0.373 e. The molecule has 2 aliphatic heterocycles. The van der Waals surface area contributed by atoms with Gasteiger partial charge in [0, 0.05) is 37.7 Å². The average Bonchev–Trinajstić information content (AvgIpc) is 3.22. The van der Waals surface area contributed by atoms with E-state index in [0.717, 1.165) is 25.2 Å². The van der Waals surface area contributed by atoms with Crippen LogP contribution >= 0.6 is 0 Å². The molecule has 134 valence electrons. The van der Waals surface area contributed by atoms with Gasteiger partial charge in [0.25, 0.3) is 0 Å². The van der Waals surface area contributed by atoms with Crippen molar-refractivity contribution in [2.75, 3.05) is 18.0 Å². The van der Waals surface area contributed by atoms with Crippen LogP contribution < -0.4 is 10.2 Å². The third-order valence-corrected chi connectivity index (χ3v) is 4.82. The van der Waals surface area contributed by atoms with Crippen LogP contribution in [0.4, 0.5) is 10.1 Å². The highest BCUT2D eigenvalue weighted by Gasteiger charge is 2.28. The Balaban J connectivity index is 0.000000613. The summed E-state index contributed by atoms with van der Waals surface area (Å²) in [6.45, 7) is 2.26. The van der Waals surface area contributed by atoms with Crippen LogP contribution in [0.25, 0.3) is 0 Å². The number of carbonyl (C=O) groups is 1. The number of benzene rings is 2. The van der Waals surface area contributed by atoms with Crippen LogP contribution in [-0.4, -0.2) is 25.1 Å². The highest BCUT2D eigenvalue weighted by atomic mass is 19.1. The molecule has 0 aromatic heterocycles. The smallest absolute Gasteiger partial charge is 0.367 e. The van der Waals surface area contributed by atoms with Crippen LogP contribution in [-0.2, 0) is 27.3 Å². The average molecular weight is 354 g/mol. The molecular formula is C20H19FN2O3.